The van der Waals surface area contributed by atoms with Crippen LogP contribution in [0.15, 0.2) is 16.9 Å². The minimum atomic E-state index is -0.139. The highest BCUT2D eigenvalue weighted by Gasteiger charge is 2.32. The van der Waals surface area contributed by atoms with Gasteiger partial charge in [-0.15, -0.1) is 5.10 Å². The summed E-state index contributed by atoms with van der Waals surface area (Å²) in [6, 6.07) is 3.66. The highest BCUT2D eigenvalue weighted by atomic mass is 16.5. The first kappa shape index (κ1) is 17.8. The van der Waals surface area contributed by atoms with Crippen molar-refractivity contribution in [1.29, 1.82) is 0 Å². The van der Waals surface area contributed by atoms with E-state index in [4.69, 9.17) is 9.84 Å². The van der Waals surface area contributed by atoms with Gasteiger partial charge in [0.1, 0.15) is 11.9 Å². The van der Waals surface area contributed by atoms with Crippen LogP contribution in [0.3, 0.4) is 0 Å². The van der Waals surface area contributed by atoms with E-state index in [0.29, 0.717) is 13.2 Å². The van der Waals surface area contributed by atoms with Gasteiger partial charge < -0.3 is 15.0 Å². The Balaban J connectivity index is 1.39. The third-order valence-corrected chi connectivity index (χ3v) is 6.06. The number of aryl methyl sites for hydroxylation is 2. The van der Waals surface area contributed by atoms with E-state index >= 15 is 0 Å². The van der Waals surface area contributed by atoms with Gasteiger partial charge in [-0.05, 0) is 49.9 Å². The number of nitrogens with zero attached hydrogens (tertiary/aromatic N) is 5. The summed E-state index contributed by atoms with van der Waals surface area (Å²) in [5.74, 6) is 0.737. The zero-order valence-corrected chi connectivity index (χ0v) is 16.2. The van der Waals surface area contributed by atoms with Crippen LogP contribution in [0.2, 0.25) is 0 Å². The van der Waals surface area contributed by atoms with Gasteiger partial charge in [0, 0.05) is 25.6 Å². The number of ether oxygens (including phenoxy) is 1. The van der Waals surface area contributed by atoms with Gasteiger partial charge in [0.15, 0.2) is 0 Å². The van der Waals surface area contributed by atoms with Crippen LogP contribution >= 0.6 is 0 Å². The van der Waals surface area contributed by atoms with Gasteiger partial charge >= 0.3 is 0 Å². The number of likely N-dealkylation sites (N-methyl/N-ethyl adjacent to an activating group) is 1. The summed E-state index contributed by atoms with van der Waals surface area (Å²) in [6.07, 6.45) is 5.12. The fraction of sp³-hybridized carbons (Fsp3) is 0.600. The number of rotatable bonds is 3. The van der Waals surface area contributed by atoms with Crippen LogP contribution in [0, 0.1) is 0 Å². The van der Waals surface area contributed by atoms with E-state index in [-0.39, 0.29) is 17.6 Å². The van der Waals surface area contributed by atoms with Gasteiger partial charge in [0.05, 0.1) is 30.6 Å². The summed E-state index contributed by atoms with van der Waals surface area (Å²) in [7, 11) is 2.12. The molecule has 2 atom stereocenters. The maximum atomic E-state index is 12.7. The number of hydrogen-bond donors (Lipinski definition) is 1. The normalized spacial score (nSPS) is 24.6. The van der Waals surface area contributed by atoms with E-state index in [1.54, 1.807) is 10.7 Å². The minimum absolute atomic E-state index is 0.0406. The van der Waals surface area contributed by atoms with E-state index in [1.165, 1.54) is 5.56 Å². The first-order valence-corrected chi connectivity index (χ1v) is 10.2. The molecule has 0 saturated carbocycles. The Morgan fingerprint density at radius 2 is 1.96 bits per heavy atom. The number of hydrogen-bond acceptors (Lipinski definition) is 7. The Labute approximate surface area is 163 Å². The molecule has 0 radical (unpaired) electrons. The maximum absolute atomic E-state index is 12.7. The Morgan fingerprint density at radius 3 is 2.89 bits per heavy atom. The fourth-order valence-electron chi connectivity index (χ4n) is 4.47. The second kappa shape index (κ2) is 7.25. The van der Waals surface area contributed by atoms with Gasteiger partial charge in [-0.25, -0.2) is 4.68 Å². The van der Waals surface area contributed by atoms with Crippen molar-refractivity contribution in [2.45, 2.75) is 50.7 Å². The molecular formula is C20H26N6O2. The lowest BCUT2D eigenvalue weighted by Gasteiger charge is -2.25. The molecule has 3 aliphatic rings. The molecule has 2 aromatic rings. The lowest BCUT2D eigenvalue weighted by atomic mass is 9.97. The SMILES string of the molecule is CN1CCc2nnc(NC3COCC3n3nc4c(cc3=O)CCCC4)cc2C1. The third-order valence-electron chi connectivity index (χ3n) is 6.06. The molecule has 8 heteroatoms. The Bertz CT molecular complexity index is 943. The quantitative estimate of drug-likeness (QED) is 0.846. The minimum Gasteiger partial charge on any atom is -0.377 e. The van der Waals surface area contributed by atoms with Crippen LogP contribution in [0.1, 0.15) is 41.4 Å². The van der Waals surface area contributed by atoms with Crippen molar-refractivity contribution in [3.05, 3.63) is 45.0 Å². The molecule has 2 aliphatic heterocycles. The van der Waals surface area contributed by atoms with Crippen molar-refractivity contribution in [2.75, 3.05) is 32.1 Å². The summed E-state index contributed by atoms with van der Waals surface area (Å²) in [5, 5.41) is 16.9. The van der Waals surface area contributed by atoms with Crippen LogP contribution < -0.4 is 10.9 Å². The summed E-state index contributed by atoms with van der Waals surface area (Å²) >= 11 is 0. The van der Waals surface area contributed by atoms with Crippen molar-refractivity contribution in [3.8, 4) is 0 Å². The maximum Gasteiger partial charge on any atom is 0.267 e. The van der Waals surface area contributed by atoms with Crippen molar-refractivity contribution < 1.29 is 4.74 Å². The predicted molar refractivity (Wildman–Crippen MR) is 104 cm³/mol. The molecule has 2 aromatic heterocycles. The van der Waals surface area contributed by atoms with E-state index in [1.807, 2.05) is 0 Å². The van der Waals surface area contributed by atoms with Gasteiger partial charge in [-0.3, -0.25) is 4.79 Å². The number of anilines is 1. The molecular weight excluding hydrogens is 356 g/mol. The molecule has 1 N–H and O–H groups in total. The number of nitrogens with one attached hydrogen (secondary N) is 1. The van der Waals surface area contributed by atoms with E-state index in [0.717, 1.165) is 68.0 Å². The van der Waals surface area contributed by atoms with Crippen LogP contribution in [0.25, 0.3) is 0 Å². The lowest BCUT2D eigenvalue weighted by molar-refractivity contribution is 0.182. The standard InChI is InChI=1S/C20H26N6O2/c1-25-7-6-15-14(10-25)8-19(23-22-15)21-17-11-28-12-18(17)26-20(27)9-13-4-2-3-5-16(13)24-26/h8-9,17-18H,2-7,10-12H2,1H3,(H,21,23). The molecule has 28 heavy (non-hydrogen) atoms. The average Bonchev–Trinajstić information content (AvgIpc) is 3.15. The van der Waals surface area contributed by atoms with E-state index in [2.05, 4.69) is 33.5 Å². The topological polar surface area (TPSA) is 85.2 Å². The smallest absolute Gasteiger partial charge is 0.267 e. The summed E-state index contributed by atoms with van der Waals surface area (Å²) < 4.78 is 7.33. The van der Waals surface area contributed by atoms with Gasteiger partial charge in [-0.1, -0.05) is 0 Å². The number of fused-ring (bicyclic) bond motifs is 2. The zero-order valence-electron chi connectivity index (χ0n) is 16.2. The molecule has 148 valence electrons. The van der Waals surface area contributed by atoms with Gasteiger partial charge in [0.2, 0.25) is 0 Å². The van der Waals surface area contributed by atoms with Gasteiger partial charge in [-0.2, -0.15) is 10.2 Å². The molecule has 2 unspecified atom stereocenters. The fourth-order valence-corrected chi connectivity index (χ4v) is 4.47. The molecule has 4 heterocycles. The second-order valence-electron chi connectivity index (χ2n) is 8.15. The first-order chi connectivity index (χ1) is 13.7. The zero-order chi connectivity index (χ0) is 19.1. The van der Waals surface area contributed by atoms with Crippen molar-refractivity contribution in [1.82, 2.24) is 24.9 Å². The third kappa shape index (κ3) is 3.31. The predicted octanol–water partition coefficient (Wildman–Crippen LogP) is 0.952. The van der Waals surface area contributed by atoms with Crippen LogP contribution in [-0.4, -0.2) is 57.7 Å². The van der Waals surface area contributed by atoms with Crippen molar-refractivity contribution >= 4 is 5.82 Å². The molecule has 1 saturated heterocycles. The Morgan fingerprint density at radius 1 is 1.07 bits per heavy atom. The molecule has 0 spiro atoms. The largest absolute Gasteiger partial charge is 0.377 e. The molecule has 8 nitrogen and oxygen atoms in total. The second-order valence-corrected chi connectivity index (χ2v) is 8.15. The van der Waals surface area contributed by atoms with Crippen molar-refractivity contribution in [3.63, 3.8) is 0 Å². The van der Waals surface area contributed by atoms with Crippen LogP contribution in [0.4, 0.5) is 5.82 Å². The highest BCUT2D eigenvalue weighted by molar-refractivity contribution is 5.40. The number of aromatic nitrogens is 4. The molecule has 5 rings (SSSR count). The molecule has 0 bridgehead atoms. The summed E-state index contributed by atoms with van der Waals surface area (Å²) in [4.78, 5) is 15.0. The van der Waals surface area contributed by atoms with E-state index < -0.39 is 0 Å². The Hall–Kier alpha value is -2.32. The van der Waals surface area contributed by atoms with Crippen LogP contribution in [0.5, 0.6) is 0 Å². The van der Waals surface area contributed by atoms with E-state index in [9.17, 15) is 4.79 Å². The van der Waals surface area contributed by atoms with Gasteiger partial charge in [0.25, 0.3) is 5.56 Å². The molecule has 0 amide bonds. The summed E-state index contributed by atoms with van der Waals surface area (Å²) in [6.45, 7) is 2.90. The Kier molecular flexibility index (Phi) is 4.60. The molecule has 0 aromatic carbocycles. The molecule has 1 fully saturated rings. The summed E-state index contributed by atoms with van der Waals surface area (Å²) in [5.41, 5.74) is 4.43. The highest BCUT2D eigenvalue weighted by Crippen LogP contribution is 2.24. The average molecular weight is 382 g/mol. The first-order valence-electron chi connectivity index (χ1n) is 10.2. The van der Waals surface area contributed by atoms with Crippen LogP contribution in [-0.2, 0) is 30.5 Å². The lowest BCUT2D eigenvalue weighted by Crippen LogP contribution is -2.38. The molecule has 1 aliphatic carbocycles. The monoisotopic (exact) mass is 382 g/mol. The van der Waals surface area contributed by atoms with Crippen molar-refractivity contribution in [2.24, 2.45) is 0 Å².